The molecular weight excluding hydrogens is 326 g/mol. The number of unbranched alkanes of at least 4 members (excludes halogenated alkanes) is 1. The van der Waals surface area contributed by atoms with Crippen LogP contribution in [0.1, 0.15) is 38.5 Å². The number of sulfonamides is 1. The molecule has 24 heavy (non-hydrogen) atoms. The summed E-state index contributed by atoms with van der Waals surface area (Å²) in [6, 6.07) is 8.21. The van der Waals surface area contributed by atoms with Gasteiger partial charge < -0.3 is 5.11 Å². The van der Waals surface area contributed by atoms with E-state index in [9.17, 15) is 13.2 Å². The first kappa shape index (κ1) is 18.4. The van der Waals surface area contributed by atoms with Crippen molar-refractivity contribution in [3.8, 4) is 0 Å². The molecule has 130 valence electrons. The van der Waals surface area contributed by atoms with Crippen LogP contribution >= 0.6 is 0 Å². The number of hydrogen-bond acceptors (Lipinski definition) is 3. The van der Waals surface area contributed by atoms with E-state index in [1.165, 1.54) is 0 Å². The van der Waals surface area contributed by atoms with Crippen molar-refractivity contribution in [3.05, 3.63) is 54.1 Å². The second kappa shape index (κ2) is 8.80. The van der Waals surface area contributed by atoms with Crippen molar-refractivity contribution in [1.82, 2.24) is 4.72 Å². The van der Waals surface area contributed by atoms with Crippen LogP contribution in [-0.4, -0.2) is 25.5 Å². The van der Waals surface area contributed by atoms with Crippen molar-refractivity contribution >= 4 is 16.0 Å². The highest BCUT2D eigenvalue weighted by atomic mass is 32.2. The third kappa shape index (κ3) is 5.62. The molecule has 0 saturated carbocycles. The minimum absolute atomic E-state index is 0.168. The Balaban J connectivity index is 1.87. The summed E-state index contributed by atoms with van der Waals surface area (Å²) in [5.74, 6) is -0.780. The molecule has 0 fully saturated rings. The summed E-state index contributed by atoms with van der Waals surface area (Å²) in [5.41, 5.74) is 1.07. The van der Waals surface area contributed by atoms with Gasteiger partial charge in [-0.05, 0) is 44.2 Å². The summed E-state index contributed by atoms with van der Waals surface area (Å²) in [6.45, 7) is 0. The first-order valence-electron chi connectivity index (χ1n) is 8.12. The zero-order chi connectivity index (χ0) is 17.4. The second-order valence-corrected chi connectivity index (χ2v) is 7.52. The number of carboxylic acids is 1. The van der Waals surface area contributed by atoms with Gasteiger partial charge in [0.1, 0.15) is 0 Å². The van der Waals surface area contributed by atoms with Crippen LogP contribution in [0.4, 0.5) is 0 Å². The van der Waals surface area contributed by atoms with E-state index in [1.54, 1.807) is 30.3 Å². The van der Waals surface area contributed by atoms with Crippen molar-refractivity contribution in [3.63, 3.8) is 0 Å². The molecule has 0 unspecified atom stereocenters. The number of carboxylic acid groups (broad SMARTS) is 1. The average Bonchev–Trinajstić information content (AvgIpc) is 2.98. The zero-order valence-corrected chi connectivity index (χ0v) is 14.3. The Labute approximate surface area is 143 Å². The molecule has 0 aromatic heterocycles. The van der Waals surface area contributed by atoms with Gasteiger partial charge in [-0.1, -0.05) is 42.0 Å². The molecule has 1 aliphatic rings. The SMILES string of the molecule is O=C(O)CCC/C=C\CC1=CCC[C@@H]1NS(=O)(=O)c1ccccc1. The van der Waals surface area contributed by atoms with Crippen LogP contribution < -0.4 is 4.72 Å². The lowest BCUT2D eigenvalue weighted by atomic mass is 10.1. The number of carbonyl (C=O) groups is 1. The molecule has 5 nitrogen and oxygen atoms in total. The van der Waals surface area contributed by atoms with Gasteiger partial charge in [0.05, 0.1) is 4.90 Å². The van der Waals surface area contributed by atoms with Gasteiger partial charge in [0.25, 0.3) is 0 Å². The van der Waals surface area contributed by atoms with E-state index in [4.69, 9.17) is 5.11 Å². The molecule has 0 radical (unpaired) electrons. The van der Waals surface area contributed by atoms with E-state index in [0.29, 0.717) is 12.8 Å². The summed E-state index contributed by atoms with van der Waals surface area (Å²) in [5, 5.41) is 8.58. The van der Waals surface area contributed by atoms with Crippen LogP contribution in [0.15, 0.2) is 59.0 Å². The molecule has 0 saturated heterocycles. The van der Waals surface area contributed by atoms with E-state index in [-0.39, 0.29) is 17.4 Å². The van der Waals surface area contributed by atoms with E-state index >= 15 is 0 Å². The molecule has 1 atom stereocenters. The van der Waals surface area contributed by atoms with Crippen LogP contribution in [0.2, 0.25) is 0 Å². The van der Waals surface area contributed by atoms with E-state index < -0.39 is 16.0 Å². The van der Waals surface area contributed by atoms with Crippen molar-refractivity contribution in [2.24, 2.45) is 0 Å². The first-order valence-corrected chi connectivity index (χ1v) is 9.60. The predicted molar refractivity (Wildman–Crippen MR) is 93.1 cm³/mol. The Kier molecular flexibility index (Phi) is 6.75. The monoisotopic (exact) mass is 349 g/mol. The first-order chi connectivity index (χ1) is 11.5. The van der Waals surface area contributed by atoms with Gasteiger partial charge in [0.15, 0.2) is 0 Å². The van der Waals surface area contributed by atoms with E-state index in [0.717, 1.165) is 24.8 Å². The quantitative estimate of drug-likeness (QED) is 0.529. The van der Waals surface area contributed by atoms with Gasteiger partial charge in [-0.3, -0.25) is 4.79 Å². The fourth-order valence-corrected chi connectivity index (χ4v) is 3.98. The third-order valence-corrected chi connectivity index (χ3v) is 5.43. The smallest absolute Gasteiger partial charge is 0.303 e. The fourth-order valence-electron chi connectivity index (χ4n) is 2.69. The van der Waals surface area contributed by atoms with Crippen molar-refractivity contribution in [2.75, 3.05) is 0 Å². The molecular formula is C18H23NO4S. The Bertz CT molecular complexity index is 708. The van der Waals surface area contributed by atoms with Gasteiger partial charge in [0.2, 0.25) is 10.0 Å². The molecule has 0 amide bonds. The number of hydrogen-bond donors (Lipinski definition) is 2. The molecule has 6 heteroatoms. The summed E-state index contributed by atoms with van der Waals surface area (Å²) in [7, 11) is -3.51. The maximum absolute atomic E-state index is 12.4. The Hall–Kier alpha value is -1.92. The van der Waals surface area contributed by atoms with Crippen LogP contribution in [0.5, 0.6) is 0 Å². The molecule has 1 aromatic carbocycles. The summed E-state index contributed by atoms with van der Waals surface area (Å²) >= 11 is 0. The van der Waals surface area contributed by atoms with Gasteiger partial charge in [-0.25, -0.2) is 13.1 Å². The maximum atomic E-state index is 12.4. The summed E-state index contributed by atoms with van der Waals surface area (Å²) in [4.78, 5) is 10.7. The predicted octanol–water partition coefficient (Wildman–Crippen LogP) is 3.25. The van der Waals surface area contributed by atoms with Crippen molar-refractivity contribution in [2.45, 2.75) is 49.5 Å². The molecule has 0 bridgehead atoms. The van der Waals surface area contributed by atoms with Crippen molar-refractivity contribution < 1.29 is 18.3 Å². The number of allylic oxidation sites excluding steroid dienone is 3. The number of nitrogens with one attached hydrogen (secondary N) is 1. The molecule has 0 aliphatic heterocycles. The molecule has 1 aromatic rings. The van der Waals surface area contributed by atoms with E-state index in [2.05, 4.69) is 10.8 Å². The maximum Gasteiger partial charge on any atom is 0.303 e. The molecule has 2 N–H and O–H groups in total. The fraction of sp³-hybridized carbons (Fsp3) is 0.389. The third-order valence-electron chi connectivity index (χ3n) is 3.94. The van der Waals surface area contributed by atoms with Gasteiger partial charge >= 0.3 is 5.97 Å². The number of rotatable bonds is 9. The van der Waals surface area contributed by atoms with E-state index in [1.807, 2.05) is 12.2 Å². The standard InChI is InChI=1S/C18H23NO4S/c20-18(21)14-7-2-1-4-9-15-10-8-13-17(15)19-24(22,23)16-11-5-3-6-12-16/h1,3-6,10-12,17,19H,2,7-9,13-14H2,(H,20,21)/b4-1-/t17-/m0/s1. The van der Waals surface area contributed by atoms with Gasteiger partial charge in [-0.15, -0.1) is 0 Å². The Morgan fingerprint density at radius 1 is 1.25 bits per heavy atom. The minimum atomic E-state index is -3.51. The van der Waals surface area contributed by atoms with Crippen LogP contribution in [-0.2, 0) is 14.8 Å². The topological polar surface area (TPSA) is 83.5 Å². The largest absolute Gasteiger partial charge is 0.481 e. The summed E-state index contributed by atoms with van der Waals surface area (Å²) in [6.07, 6.45) is 9.88. The lowest BCUT2D eigenvalue weighted by molar-refractivity contribution is -0.137. The zero-order valence-electron chi connectivity index (χ0n) is 13.5. The molecule has 0 heterocycles. The highest BCUT2D eigenvalue weighted by Crippen LogP contribution is 2.24. The number of benzene rings is 1. The number of aliphatic carboxylic acids is 1. The Morgan fingerprint density at radius 3 is 2.71 bits per heavy atom. The van der Waals surface area contributed by atoms with Gasteiger partial charge in [-0.2, -0.15) is 0 Å². The molecule has 1 aliphatic carbocycles. The lowest BCUT2D eigenvalue weighted by Gasteiger charge is -2.16. The Morgan fingerprint density at radius 2 is 2.00 bits per heavy atom. The van der Waals surface area contributed by atoms with Crippen LogP contribution in [0.3, 0.4) is 0 Å². The highest BCUT2D eigenvalue weighted by Gasteiger charge is 2.24. The minimum Gasteiger partial charge on any atom is -0.481 e. The highest BCUT2D eigenvalue weighted by molar-refractivity contribution is 7.89. The molecule has 0 spiro atoms. The van der Waals surface area contributed by atoms with Crippen molar-refractivity contribution in [1.29, 1.82) is 0 Å². The summed E-state index contributed by atoms with van der Waals surface area (Å²) < 4.78 is 27.6. The average molecular weight is 349 g/mol. The molecule has 2 rings (SSSR count). The lowest BCUT2D eigenvalue weighted by Crippen LogP contribution is -2.34. The van der Waals surface area contributed by atoms with Gasteiger partial charge in [0, 0.05) is 12.5 Å². The second-order valence-electron chi connectivity index (χ2n) is 5.80. The van der Waals surface area contributed by atoms with Crippen LogP contribution in [0, 0.1) is 0 Å². The van der Waals surface area contributed by atoms with Crippen LogP contribution in [0.25, 0.3) is 0 Å². The normalized spacial score (nSPS) is 18.0.